The zero-order valence-electron chi connectivity index (χ0n) is 17.0. The van der Waals surface area contributed by atoms with Crippen LogP contribution >= 0.6 is 0 Å². The van der Waals surface area contributed by atoms with Crippen LogP contribution in [0, 0.1) is 6.92 Å². The van der Waals surface area contributed by atoms with E-state index < -0.39 is 0 Å². The fraction of sp³-hybridized carbons (Fsp3) is 0.261. The Morgan fingerprint density at radius 1 is 1.23 bits per heavy atom. The van der Waals surface area contributed by atoms with E-state index in [1.54, 1.807) is 14.0 Å². The van der Waals surface area contributed by atoms with E-state index in [-0.39, 0.29) is 30.0 Å². The summed E-state index contributed by atoms with van der Waals surface area (Å²) in [5.74, 6) is 0.720. The number of aromatic nitrogens is 2. The molecule has 1 aliphatic rings. The van der Waals surface area contributed by atoms with Gasteiger partial charge in [-0.2, -0.15) is 0 Å². The van der Waals surface area contributed by atoms with Crippen LogP contribution in [0.3, 0.4) is 0 Å². The van der Waals surface area contributed by atoms with Crippen molar-refractivity contribution in [1.29, 1.82) is 0 Å². The highest BCUT2D eigenvalue weighted by molar-refractivity contribution is 5.90. The summed E-state index contributed by atoms with van der Waals surface area (Å²) in [7, 11) is 1.65. The molecular formula is C23H24N4O3. The van der Waals surface area contributed by atoms with Crippen molar-refractivity contribution in [2.24, 2.45) is 0 Å². The minimum atomic E-state index is -0.293. The summed E-state index contributed by atoms with van der Waals surface area (Å²) < 4.78 is 5.41. The Hall–Kier alpha value is -3.45. The Morgan fingerprint density at radius 2 is 2.07 bits per heavy atom. The number of H-pyrrole nitrogens is 1. The van der Waals surface area contributed by atoms with Gasteiger partial charge in [-0.1, -0.05) is 36.4 Å². The molecule has 1 aromatic heterocycles. The van der Waals surface area contributed by atoms with Gasteiger partial charge in [0.15, 0.2) is 0 Å². The average molecular weight is 404 g/mol. The number of rotatable bonds is 5. The number of benzene rings is 2. The van der Waals surface area contributed by atoms with E-state index in [0.717, 1.165) is 24.3 Å². The van der Waals surface area contributed by atoms with Gasteiger partial charge in [-0.3, -0.25) is 24.8 Å². The number of ether oxygens (including phenoxy) is 1. The molecule has 1 aliphatic heterocycles. The summed E-state index contributed by atoms with van der Waals surface area (Å²) in [5, 5.41) is 2.72. The van der Waals surface area contributed by atoms with Crippen molar-refractivity contribution in [3.05, 3.63) is 87.3 Å². The second kappa shape index (κ2) is 8.51. The zero-order chi connectivity index (χ0) is 21.1. The number of aromatic amines is 1. The SMILES string of the molecule is COc1cccc([C@H]2c3ccccc3CCN2CC(=O)Nc2nc(C)cc(=O)[nH]2)c1. The van der Waals surface area contributed by atoms with Crippen LogP contribution in [0.15, 0.2) is 59.4 Å². The van der Waals surface area contributed by atoms with Gasteiger partial charge in [0.1, 0.15) is 5.75 Å². The number of fused-ring (bicyclic) bond motifs is 1. The van der Waals surface area contributed by atoms with Gasteiger partial charge in [0.25, 0.3) is 5.56 Å². The Morgan fingerprint density at radius 3 is 2.87 bits per heavy atom. The van der Waals surface area contributed by atoms with Crippen LogP contribution in [-0.4, -0.2) is 41.0 Å². The highest BCUT2D eigenvalue weighted by atomic mass is 16.5. The number of hydrogen-bond acceptors (Lipinski definition) is 5. The molecule has 1 atom stereocenters. The predicted molar refractivity (Wildman–Crippen MR) is 115 cm³/mol. The summed E-state index contributed by atoms with van der Waals surface area (Å²) in [4.78, 5) is 33.3. The lowest BCUT2D eigenvalue weighted by atomic mass is 9.88. The first-order valence-electron chi connectivity index (χ1n) is 9.87. The summed E-state index contributed by atoms with van der Waals surface area (Å²) in [6.07, 6.45) is 0.865. The van der Waals surface area contributed by atoms with Crippen molar-refractivity contribution in [2.75, 3.05) is 25.5 Å². The number of carbonyl (C=O) groups is 1. The Bertz CT molecular complexity index is 1130. The van der Waals surface area contributed by atoms with Gasteiger partial charge in [0.2, 0.25) is 11.9 Å². The summed E-state index contributed by atoms with van der Waals surface area (Å²) in [6.45, 7) is 2.63. The zero-order valence-corrected chi connectivity index (χ0v) is 17.0. The number of anilines is 1. The molecule has 0 spiro atoms. The number of hydrogen-bond donors (Lipinski definition) is 2. The fourth-order valence-corrected chi connectivity index (χ4v) is 3.99. The monoisotopic (exact) mass is 404 g/mol. The van der Waals surface area contributed by atoms with Crippen molar-refractivity contribution in [3.8, 4) is 5.75 Å². The van der Waals surface area contributed by atoms with Crippen molar-refractivity contribution < 1.29 is 9.53 Å². The fourth-order valence-electron chi connectivity index (χ4n) is 3.99. The molecule has 3 aromatic rings. The second-order valence-corrected chi connectivity index (χ2v) is 7.38. The number of nitrogens with zero attached hydrogens (tertiary/aromatic N) is 2. The topological polar surface area (TPSA) is 87.3 Å². The number of nitrogens with one attached hydrogen (secondary N) is 2. The van der Waals surface area contributed by atoms with Crippen LogP contribution in [0.25, 0.3) is 0 Å². The standard InChI is InChI=1S/C23H24N4O3/c1-15-12-20(28)25-23(24-15)26-21(29)14-27-11-10-16-6-3-4-9-19(16)22(27)17-7-5-8-18(13-17)30-2/h3-9,12-13,22H,10-11,14H2,1-2H3,(H2,24,25,26,28,29)/t22-/m0/s1. The smallest absolute Gasteiger partial charge is 0.252 e. The lowest BCUT2D eigenvalue weighted by molar-refractivity contribution is -0.117. The van der Waals surface area contributed by atoms with Gasteiger partial charge in [-0.15, -0.1) is 0 Å². The molecule has 30 heavy (non-hydrogen) atoms. The molecule has 0 saturated heterocycles. The molecular weight excluding hydrogens is 380 g/mol. The molecule has 1 amide bonds. The number of carbonyl (C=O) groups excluding carboxylic acids is 1. The van der Waals surface area contributed by atoms with Crippen LogP contribution in [-0.2, 0) is 11.2 Å². The summed E-state index contributed by atoms with van der Waals surface area (Å²) in [6, 6.07) is 17.6. The molecule has 0 radical (unpaired) electrons. The molecule has 0 bridgehead atoms. The average Bonchev–Trinajstić information content (AvgIpc) is 2.72. The number of amides is 1. The van der Waals surface area contributed by atoms with Gasteiger partial charge in [-0.05, 0) is 42.2 Å². The number of methoxy groups -OCH3 is 1. The molecule has 2 heterocycles. The van der Waals surface area contributed by atoms with Crippen molar-refractivity contribution in [2.45, 2.75) is 19.4 Å². The van der Waals surface area contributed by atoms with E-state index in [9.17, 15) is 9.59 Å². The van der Waals surface area contributed by atoms with Crippen molar-refractivity contribution in [3.63, 3.8) is 0 Å². The van der Waals surface area contributed by atoms with E-state index in [4.69, 9.17) is 4.74 Å². The first-order chi connectivity index (χ1) is 14.5. The Labute approximate surface area is 174 Å². The van der Waals surface area contributed by atoms with E-state index in [1.165, 1.54) is 17.2 Å². The summed E-state index contributed by atoms with van der Waals surface area (Å²) in [5.41, 5.74) is 3.80. The van der Waals surface area contributed by atoms with E-state index >= 15 is 0 Å². The normalized spacial score (nSPS) is 16.0. The maximum Gasteiger partial charge on any atom is 0.252 e. The lowest BCUT2D eigenvalue weighted by Gasteiger charge is -2.37. The molecule has 0 saturated carbocycles. The molecule has 0 aliphatic carbocycles. The quantitative estimate of drug-likeness (QED) is 0.683. The van der Waals surface area contributed by atoms with Crippen LogP contribution in [0.5, 0.6) is 5.75 Å². The van der Waals surface area contributed by atoms with Crippen LogP contribution in [0.4, 0.5) is 5.95 Å². The highest BCUT2D eigenvalue weighted by Gasteiger charge is 2.30. The van der Waals surface area contributed by atoms with Gasteiger partial charge in [0.05, 0.1) is 19.7 Å². The molecule has 2 aromatic carbocycles. The summed E-state index contributed by atoms with van der Waals surface area (Å²) >= 11 is 0. The first kappa shape index (κ1) is 19.8. The van der Waals surface area contributed by atoms with E-state index in [2.05, 4.69) is 38.4 Å². The highest BCUT2D eigenvalue weighted by Crippen LogP contribution is 2.36. The maximum absolute atomic E-state index is 12.8. The second-order valence-electron chi connectivity index (χ2n) is 7.38. The lowest BCUT2D eigenvalue weighted by Crippen LogP contribution is -2.41. The number of aryl methyl sites for hydroxylation is 1. The molecule has 2 N–H and O–H groups in total. The predicted octanol–water partition coefficient (Wildman–Crippen LogP) is 2.67. The molecule has 0 fully saturated rings. The van der Waals surface area contributed by atoms with Crippen LogP contribution in [0.2, 0.25) is 0 Å². The van der Waals surface area contributed by atoms with Gasteiger partial charge in [0, 0.05) is 18.3 Å². The molecule has 7 heteroatoms. The Kier molecular flexibility index (Phi) is 5.63. The van der Waals surface area contributed by atoms with Gasteiger partial charge in [-0.25, -0.2) is 4.98 Å². The third-order valence-electron chi connectivity index (χ3n) is 5.27. The minimum Gasteiger partial charge on any atom is -0.497 e. The van der Waals surface area contributed by atoms with E-state index in [1.807, 2.05) is 30.3 Å². The van der Waals surface area contributed by atoms with E-state index in [0.29, 0.717) is 5.69 Å². The molecule has 154 valence electrons. The largest absolute Gasteiger partial charge is 0.497 e. The molecule has 7 nitrogen and oxygen atoms in total. The van der Waals surface area contributed by atoms with Crippen LogP contribution < -0.4 is 15.6 Å². The Balaban J connectivity index is 1.62. The van der Waals surface area contributed by atoms with Crippen LogP contribution in [0.1, 0.15) is 28.4 Å². The maximum atomic E-state index is 12.8. The van der Waals surface area contributed by atoms with Crippen molar-refractivity contribution in [1.82, 2.24) is 14.9 Å². The minimum absolute atomic E-state index is 0.0692. The molecule has 0 unspecified atom stereocenters. The molecule has 4 rings (SSSR count). The first-order valence-corrected chi connectivity index (χ1v) is 9.87. The van der Waals surface area contributed by atoms with Gasteiger partial charge >= 0.3 is 0 Å². The van der Waals surface area contributed by atoms with Gasteiger partial charge < -0.3 is 4.74 Å². The third-order valence-corrected chi connectivity index (χ3v) is 5.27. The third kappa shape index (κ3) is 4.26. The van der Waals surface area contributed by atoms with Crippen molar-refractivity contribution >= 4 is 11.9 Å².